The number of nitrogen functional groups attached to an aromatic ring is 1. The molecule has 1 aromatic carbocycles. The average molecular weight is 480 g/mol. The largest absolute Gasteiger partial charge is 0.493 e. The number of anilines is 1. The third kappa shape index (κ3) is 5.07. The third-order valence-electron chi connectivity index (χ3n) is 5.38. The molecule has 14 heteroatoms. The van der Waals surface area contributed by atoms with Crippen LogP contribution in [0.4, 0.5) is 23.5 Å². The molecule has 0 aliphatic carbocycles. The summed E-state index contributed by atoms with van der Waals surface area (Å²) in [6, 6.07) is 5.01. The minimum absolute atomic E-state index is 0.207. The van der Waals surface area contributed by atoms with Crippen molar-refractivity contribution in [3.8, 4) is 5.75 Å². The normalized spacial score (nSPS) is 14.5. The number of fused-ring (bicyclic) bond motifs is 4. The summed E-state index contributed by atoms with van der Waals surface area (Å²) in [7, 11) is 15.4. The number of hydrogen-bond donors (Lipinski definition) is 1. The zero-order chi connectivity index (χ0) is 25.5. The Kier molecular flexibility index (Phi) is 6.43. The van der Waals surface area contributed by atoms with Gasteiger partial charge < -0.3 is 15.2 Å². The number of pyridine rings is 2. The van der Waals surface area contributed by atoms with Crippen molar-refractivity contribution < 1.29 is 31.9 Å². The second-order valence-electron chi connectivity index (χ2n) is 7.93. The molecule has 4 heterocycles. The van der Waals surface area contributed by atoms with Crippen molar-refractivity contribution in [2.24, 2.45) is 0 Å². The number of benzene rings is 1. The zero-order valence-electron chi connectivity index (χ0n) is 18.1. The minimum atomic E-state index is -4.28. The molecule has 2 aliphatic heterocycles. The summed E-state index contributed by atoms with van der Waals surface area (Å²) in [5.74, 6) is -0.438. The molecule has 3 aromatic rings. The van der Waals surface area contributed by atoms with E-state index in [0.717, 1.165) is 28.8 Å². The topological polar surface area (TPSA) is 90.6 Å². The third-order valence-corrected chi connectivity index (χ3v) is 5.38. The molecule has 7 nitrogen and oxygen atoms in total. The fourth-order valence-corrected chi connectivity index (χ4v) is 3.61. The Morgan fingerprint density at radius 2 is 1.83 bits per heavy atom. The molecule has 0 bridgehead atoms. The van der Waals surface area contributed by atoms with Gasteiger partial charge in [0.05, 0.1) is 60.6 Å². The molecule has 6 radical (unpaired) electrons. The number of nitrogens with zero attached hydrogens (tertiary/aromatic N) is 3. The van der Waals surface area contributed by atoms with Crippen molar-refractivity contribution >= 4 is 46.2 Å². The first kappa shape index (κ1) is 24.8. The average Bonchev–Trinajstić information content (AvgIpc) is 3.47. The second kappa shape index (κ2) is 9.06. The van der Waals surface area contributed by atoms with Crippen LogP contribution in [0.3, 0.4) is 0 Å². The van der Waals surface area contributed by atoms with Crippen LogP contribution in [0.25, 0.3) is 10.9 Å². The van der Waals surface area contributed by atoms with E-state index in [4.69, 9.17) is 38.7 Å². The van der Waals surface area contributed by atoms with Crippen LogP contribution in [0.15, 0.2) is 30.5 Å². The molecule has 0 saturated carbocycles. The summed E-state index contributed by atoms with van der Waals surface area (Å²) in [5.41, 5.74) is 7.86. The highest BCUT2D eigenvalue weighted by molar-refractivity contribution is 6.59. The van der Waals surface area contributed by atoms with Crippen LogP contribution in [0.1, 0.15) is 32.7 Å². The highest BCUT2D eigenvalue weighted by Crippen LogP contribution is 2.35. The van der Waals surface area contributed by atoms with Gasteiger partial charge in [-0.1, -0.05) is 10.5 Å². The minimum Gasteiger partial charge on any atom is -0.493 e. The van der Waals surface area contributed by atoms with Gasteiger partial charge in [-0.05, 0) is 34.6 Å². The van der Waals surface area contributed by atoms with Gasteiger partial charge in [-0.25, -0.2) is 9.97 Å². The first-order valence-electron chi connectivity index (χ1n) is 10.2. The van der Waals surface area contributed by atoms with Gasteiger partial charge in [-0.3, -0.25) is 4.79 Å². The Balaban J connectivity index is 0.000000189. The molecule has 0 spiro atoms. The van der Waals surface area contributed by atoms with Crippen LogP contribution in [0.5, 0.6) is 5.75 Å². The molecule has 0 saturated heterocycles. The Labute approximate surface area is 201 Å². The fraction of sp³-hybridized carbons (Fsp3) is 0.286. The lowest BCUT2D eigenvalue weighted by molar-refractivity contribution is -0.137. The fourth-order valence-electron chi connectivity index (χ4n) is 3.61. The monoisotopic (exact) mass is 480 g/mol. The molecule has 5 rings (SSSR count). The lowest BCUT2D eigenvalue weighted by Crippen LogP contribution is -2.49. The van der Waals surface area contributed by atoms with Crippen LogP contribution in [-0.4, -0.2) is 56.4 Å². The van der Waals surface area contributed by atoms with Crippen LogP contribution < -0.4 is 10.5 Å². The summed E-state index contributed by atoms with van der Waals surface area (Å²) in [6.45, 7) is 1.14. The van der Waals surface area contributed by atoms with Crippen molar-refractivity contribution in [2.75, 3.05) is 12.3 Å². The second-order valence-corrected chi connectivity index (χ2v) is 7.93. The van der Waals surface area contributed by atoms with Gasteiger partial charge in [0, 0.05) is 17.4 Å². The number of ether oxygens (including phenoxy) is 2. The molecule has 0 atom stereocenters. The summed E-state index contributed by atoms with van der Waals surface area (Å²) >= 11 is 0. The number of hydrogen-bond acceptors (Lipinski definition) is 6. The molecule has 1 amide bonds. The summed E-state index contributed by atoms with van der Waals surface area (Å²) < 4.78 is 60.7. The lowest BCUT2D eigenvalue weighted by Gasteiger charge is -2.27. The van der Waals surface area contributed by atoms with Crippen molar-refractivity contribution in [3.63, 3.8) is 0 Å². The van der Waals surface area contributed by atoms with Crippen molar-refractivity contribution in [2.45, 2.75) is 31.0 Å². The van der Waals surface area contributed by atoms with Crippen molar-refractivity contribution in [1.82, 2.24) is 15.1 Å². The number of nitrogens with two attached hydrogens (primary N) is 1. The lowest BCUT2D eigenvalue weighted by atomic mass is 9.49. The maximum atomic E-state index is 13.7. The van der Waals surface area contributed by atoms with E-state index in [0.29, 0.717) is 48.7 Å². The molecule has 174 valence electrons. The summed E-state index contributed by atoms with van der Waals surface area (Å²) in [6.07, 6.45) is -2.26. The van der Waals surface area contributed by atoms with E-state index in [-0.39, 0.29) is 5.69 Å². The predicted molar refractivity (Wildman–Crippen MR) is 120 cm³/mol. The van der Waals surface area contributed by atoms with Gasteiger partial charge in [-0.15, -0.1) is 0 Å². The number of carbonyl (C=O) groups excluding carboxylic acids is 1. The maximum Gasteiger partial charge on any atom is 0.416 e. The van der Waals surface area contributed by atoms with Gasteiger partial charge in [0.1, 0.15) is 17.3 Å². The van der Waals surface area contributed by atoms with E-state index in [1.165, 1.54) is 18.3 Å². The molecule has 2 N–H and O–H groups in total. The summed E-state index contributed by atoms with van der Waals surface area (Å²) in [4.78, 5) is 20.0. The molecule has 2 aromatic heterocycles. The number of halogens is 4. The first-order valence-corrected chi connectivity index (χ1v) is 10.2. The number of aromatic nitrogens is 2. The molecule has 35 heavy (non-hydrogen) atoms. The van der Waals surface area contributed by atoms with Crippen molar-refractivity contribution in [1.29, 1.82) is 0 Å². The first-order chi connectivity index (χ1) is 16.4. The van der Waals surface area contributed by atoms with Gasteiger partial charge in [-0.2, -0.15) is 18.3 Å². The van der Waals surface area contributed by atoms with Crippen LogP contribution in [-0.2, 0) is 30.5 Å². The van der Waals surface area contributed by atoms with Gasteiger partial charge >= 0.3 is 6.18 Å². The Morgan fingerprint density at radius 1 is 1.11 bits per heavy atom. The van der Waals surface area contributed by atoms with E-state index in [1.54, 1.807) is 0 Å². The quantitative estimate of drug-likeness (QED) is 0.345. The number of alkyl halides is 3. The predicted octanol–water partition coefficient (Wildman–Crippen LogP) is 2.33. The molecular formula is C21H15B3F4N4O3. The van der Waals surface area contributed by atoms with Crippen LogP contribution in [0, 0.1) is 0 Å². The van der Waals surface area contributed by atoms with Gasteiger partial charge in [0.15, 0.2) is 0 Å². The highest BCUT2D eigenvalue weighted by atomic mass is 19.4. The smallest absolute Gasteiger partial charge is 0.416 e. The zero-order valence-corrected chi connectivity index (χ0v) is 18.1. The maximum absolute atomic E-state index is 13.7. The molecule has 0 fully saturated rings. The van der Waals surface area contributed by atoms with E-state index in [9.17, 15) is 22.4 Å². The van der Waals surface area contributed by atoms with E-state index >= 15 is 0 Å². The van der Waals surface area contributed by atoms with Crippen LogP contribution in [0.2, 0.25) is 0 Å². The number of carbonyl (C=O) groups is 1. The van der Waals surface area contributed by atoms with Crippen molar-refractivity contribution in [3.05, 3.63) is 58.4 Å². The standard InChI is InChI=1S/C12H8B3FN4O2.C9H7F3O/c13-12(14,15)20(16)11(21)8-1-5-6-3-22-4-7(6)10(17)19-9(5)2-18-8;10-9(11,12)7-2-1-6-3-4-13-8(6)5-7/h1-2H,3-4H2,(H2,17,19);1-2,5H,3-4H2. The number of rotatable bonds is 2. The van der Waals surface area contributed by atoms with Gasteiger partial charge in [0.2, 0.25) is 0 Å². The van der Waals surface area contributed by atoms with Crippen LogP contribution >= 0.6 is 0 Å². The molecular weight excluding hydrogens is 465 g/mol. The molecule has 2 aliphatic rings. The highest BCUT2D eigenvalue weighted by Gasteiger charge is 2.32. The Morgan fingerprint density at radius 3 is 2.51 bits per heavy atom. The Hall–Kier alpha value is -3.28. The number of amides is 1. The van der Waals surface area contributed by atoms with E-state index in [1.807, 2.05) is 0 Å². The summed E-state index contributed by atoms with van der Waals surface area (Å²) in [5, 5.41) is -2.31. The Bertz CT molecular complexity index is 1300. The van der Waals surface area contributed by atoms with E-state index in [2.05, 4.69) is 9.97 Å². The van der Waals surface area contributed by atoms with E-state index < -0.39 is 28.0 Å². The van der Waals surface area contributed by atoms with Gasteiger partial charge in [0.25, 0.3) is 5.91 Å². The SMILES string of the molecule is FC(F)(F)c1ccc2c(c1)OCC2.[B]C([B])([B])N(F)C(=O)c1cc2c3c(c(N)nc2cn1)COC3. The molecule has 0 unspecified atom stereocenters.